The van der Waals surface area contributed by atoms with Crippen molar-refractivity contribution in [2.75, 3.05) is 5.32 Å². The van der Waals surface area contributed by atoms with Gasteiger partial charge in [-0.25, -0.2) is 0 Å². The molecule has 20 heavy (non-hydrogen) atoms. The number of para-hydroxylation sites is 1. The predicted octanol–water partition coefficient (Wildman–Crippen LogP) is 2.20. The quantitative estimate of drug-likeness (QED) is 0.679. The second-order valence-electron chi connectivity index (χ2n) is 4.52. The number of H-pyrrole nitrogens is 1. The van der Waals surface area contributed by atoms with Crippen molar-refractivity contribution in [3.05, 3.63) is 60.3 Å². The van der Waals surface area contributed by atoms with Crippen molar-refractivity contribution in [1.82, 2.24) is 10.2 Å². The van der Waals surface area contributed by atoms with Crippen LogP contribution in [-0.4, -0.2) is 16.1 Å². The number of nitrogens with one attached hydrogen (secondary N) is 2. The number of hydrogen-bond donors (Lipinski definition) is 3. The van der Waals surface area contributed by atoms with Gasteiger partial charge in [0.1, 0.15) is 6.04 Å². The molecule has 0 saturated carbocycles. The number of benzene rings is 2. The normalized spacial score (nSPS) is 12.2. The SMILES string of the molecule is N[C@H](C(=O)Nc1cccc2cn[nH]c12)c1ccccc1. The summed E-state index contributed by atoms with van der Waals surface area (Å²) in [5.74, 6) is -0.252. The van der Waals surface area contributed by atoms with Gasteiger partial charge in [-0.2, -0.15) is 5.10 Å². The number of anilines is 1. The fourth-order valence-corrected chi connectivity index (χ4v) is 2.10. The second kappa shape index (κ2) is 5.14. The molecule has 0 fully saturated rings. The van der Waals surface area contributed by atoms with Gasteiger partial charge >= 0.3 is 0 Å². The van der Waals surface area contributed by atoms with E-state index in [9.17, 15) is 4.79 Å². The van der Waals surface area contributed by atoms with Crippen LogP contribution in [0.5, 0.6) is 0 Å². The van der Waals surface area contributed by atoms with Crippen molar-refractivity contribution < 1.29 is 4.79 Å². The smallest absolute Gasteiger partial charge is 0.245 e. The molecule has 1 aromatic heterocycles. The zero-order valence-electron chi connectivity index (χ0n) is 10.7. The summed E-state index contributed by atoms with van der Waals surface area (Å²) in [6.07, 6.45) is 1.71. The van der Waals surface area contributed by atoms with E-state index in [1.165, 1.54) is 0 Å². The fraction of sp³-hybridized carbons (Fsp3) is 0.0667. The van der Waals surface area contributed by atoms with E-state index in [-0.39, 0.29) is 5.91 Å². The van der Waals surface area contributed by atoms with E-state index < -0.39 is 6.04 Å². The Bertz CT molecular complexity index is 736. The van der Waals surface area contributed by atoms with E-state index >= 15 is 0 Å². The molecule has 4 N–H and O–H groups in total. The highest BCUT2D eigenvalue weighted by Crippen LogP contribution is 2.21. The lowest BCUT2D eigenvalue weighted by molar-refractivity contribution is -0.117. The van der Waals surface area contributed by atoms with Gasteiger partial charge in [-0.15, -0.1) is 0 Å². The molecule has 0 saturated heterocycles. The lowest BCUT2D eigenvalue weighted by Gasteiger charge is -2.13. The van der Waals surface area contributed by atoms with Crippen LogP contribution < -0.4 is 11.1 Å². The van der Waals surface area contributed by atoms with Crippen molar-refractivity contribution in [1.29, 1.82) is 0 Å². The molecule has 1 atom stereocenters. The molecule has 1 heterocycles. The van der Waals surface area contributed by atoms with Crippen molar-refractivity contribution >= 4 is 22.5 Å². The zero-order chi connectivity index (χ0) is 13.9. The number of nitrogens with zero attached hydrogens (tertiary/aromatic N) is 1. The molecule has 0 spiro atoms. The predicted molar refractivity (Wildman–Crippen MR) is 78.1 cm³/mol. The molecule has 0 bridgehead atoms. The summed E-state index contributed by atoms with van der Waals surface area (Å²) < 4.78 is 0. The minimum atomic E-state index is -0.700. The van der Waals surface area contributed by atoms with Gasteiger partial charge in [-0.1, -0.05) is 42.5 Å². The maximum Gasteiger partial charge on any atom is 0.245 e. The Morgan fingerprint density at radius 1 is 1.15 bits per heavy atom. The topological polar surface area (TPSA) is 83.8 Å². The van der Waals surface area contributed by atoms with Gasteiger partial charge in [-0.3, -0.25) is 9.89 Å². The van der Waals surface area contributed by atoms with E-state index in [0.29, 0.717) is 5.69 Å². The first-order valence-electron chi connectivity index (χ1n) is 6.29. The van der Waals surface area contributed by atoms with Crippen LogP contribution in [0.2, 0.25) is 0 Å². The highest BCUT2D eigenvalue weighted by atomic mass is 16.2. The number of fused-ring (bicyclic) bond motifs is 1. The third-order valence-corrected chi connectivity index (χ3v) is 3.18. The lowest BCUT2D eigenvalue weighted by Crippen LogP contribution is -2.27. The number of carbonyl (C=O) groups excluding carboxylic acids is 1. The number of amides is 1. The Labute approximate surface area is 115 Å². The largest absolute Gasteiger partial charge is 0.323 e. The fourth-order valence-electron chi connectivity index (χ4n) is 2.10. The Morgan fingerprint density at radius 2 is 1.95 bits per heavy atom. The summed E-state index contributed by atoms with van der Waals surface area (Å²) in [5.41, 5.74) is 8.22. The number of nitrogens with two attached hydrogens (primary N) is 1. The standard InChI is InChI=1S/C15H14N4O/c16-13(10-5-2-1-3-6-10)15(20)18-12-8-4-7-11-9-17-19-14(11)12/h1-9,13H,16H2,(H,17,19)(H,18,20)/t13-/m0/s1. The number of carbonyl (C=O) groups is 1. The Balaban J connectivity index is 1.84. The van der Waals surface area contributed by atoms with Crippen molar-refractivity contribution in [3.8, 4) is 0 Å². The van der Waals surface area contributed by atoms with Crippen LogP contribution in [-0.2, 0) is 4.79 Å². The van der Waals surface area contributed by atoms with Crippen LogP contribution in [0.15, 0.2) is 54.7 Å². The van der Waals surface area contributed by atoms with Crippen LogP contribution in [0, 0.1) is 0 Å². The maximum atomic E-state index is 12.2. The molecular formula is C15H14N4O. The van der Waals surface area contributed by atoms with Crippen LogP contribution in [0.3, 0.4) is 0 Å². The molecule has 2 aromatic carbocycles. The van der Waals surface area contributed by atoms with Crippen molar-refractivity contribution in [3.63, 3.8) is 0 Å². The summed E-state index contributed by atoms with van der Waals surface area (Å²) in [6.45, 7) is 0. The summed E-state index contributed by atoms with van der Waals surface area (Å²) in [5, 5.41) is 10.6. The van der Waals surface area contributed by atoms with Crippen LogP contribution in [0.25, 0.3) is 10.9 Å². The van der Waals surface area contributed by atoms with E-state index in [2.05, 4.69) is 15.5 Å². The minimum Gasteiger partial charge on any atom is -0.323 e. The summed E-state index contributed by atoms with van der Waals surface area (Å²) >= 11 is 0. The Morgan fingerprint density at radius 3 is 2.75 bits per heavy atom. The van der Waals surface area contributed by atoms with Crippen LogP contribution in [0.4, 0.5) is 5.69 Å². The average Bonchev–Trinajstić information content (AvgIpc) is 2.97. The van der Waals surface area contributed by atoms with Gasteiger partial charge in [0.15, 0.2) is 0 Å². The Kier molecular flexibility index (Phi) is 3.18. The second-order valence-corrected chi connectivity index (χ2v) is 4.52. The van der Waals surface area contributed by atoms with E-state index in [4.69, 9.17) is 5.73 Å². The Hall–Kier alpha value is -2.66. The molecule has 0 aliphatic carbocycles. The number of rotatable bonds is 3. The summed E-state index contributed by atoms with van der Waals surface area (Å²) in [4.78, 5) is 12.2. The molecule has 0 radical (unpaired) electrons. The third-order valence-electron chi connectivity index (χ3n) is 3.18. The lowest BCUT2D eigenvalue weighted by atomic mass is 10.1. The highest BCUT2D eigenvalue weighted by Gasteiger charge is 2.16. The summed E-state index contributed by atoms with van der Waals surface area (Å²) in [6, 6.07) is 14.2. The molecule has 0 aliphatic rings. The van der Waals surface area contributed by atoms with E-state index in [0.717, 1.165) is 16.5 Å². The average molecular weight is 266 g/mol. The monoisotopic (exact) mass is 266 g/mol. The van der Waals surface area contributed by atoms with E-state index in [1.54, 1.807) is 6.20 Å². The van der Waals surface area contributed by atoms with E-state index in [1.807, 2.05) is 48.5 Å². The van der Waals surface area contributed by atoms with Gasteiger partial charge in [0.05, 0.1) is 17.4 Å². The maximum absolute atomic E-state index is 12.2. The molecule has 3 aromatic rings. The number of aromatic nitrogens is 2. The first-order chi connectivity index (χ1) is 9.75. The molecule has 0 aliphatic heterocycles. The first-order valence-corrected chi connectivity index (χ1v) is 6.29. The van der Waals surface area contributed by atoms with Gasteiger partial charge in [0, 0.05) is 5.39 Å². The van der Waals surface area contributed by atoms with Crippen LogP contribution in [0.1, 0.15) is 11.6 Å². The van der Waals surface area contributed by atoms with Gasteiger partial charge in [0.25, 0.3) is 0 Å². The highest BCUT2D eigenvalue weighted by molar-refractivity contribution is 6.02. The molecule has 3 rings (SSSR count). The minimum absolute atomic E-state index is 0.252. The third kappa shape index (κ3) is 2.26. The van der Waals surface area contributed by atoms with Crippen molar-refractivity contribution in [2.24, 2.45) is 5.73 Å². The molecule has 100 valence electrons. The zero-order valence-corrected chi connectivity index (χ0v) is 10.7. The summed E-state index contributed by atoms with van der Waals surface area (Å²) in [7, 11) is 0. The first kappa shape index (κ1) is 12.4. The van der Waals surface area contributed by atoms with Gasteiger partial charge < -0.3 is 11.1 Å². The molecule has 1 amide bonds. The van der Waals surface area contributed by atoms with Crippen LogP contribution >= 0.6 is 0 Å². The molecular weight excluding hydrogens is 252 g/mol. The molecule has 5 nitrogen and oxygen atoms in total. The number of aromatic amines is 1. The molecule has 5 heteroatoms. The molecule has 0 unspecified atom stereocenters. The van der Waals surface area contributed by atoms with Gasteiger partial charge in [-0.05, 0) is 11.6 Å². The number of hydrogen-bond acceptors (Lipinski definition) is 3. The van der Waals surface area contributed by atoms with Gasteiger partial charge in [0.2, 0.25) is 5.91 Å². The van der Waals surface area contributed by atoms with Crippen molar-refractivity contribution in [2.45, 2.75) is 6.04 Å².